The van der Waals surface area contributed by atoms with Crippen LogP contribution in [0.1, 0.15) is 16.7 Å². The first kappa shape index (κ1) is 29.5. The molecule has 0 spiro atoms. The van der Waals surface area contributed by atoms with Gasteiger partial charge in [0.15, 0.2) is 6.17 Å². The number of halogens is 4. The summed E-state index contributed by atoms with van der Waals surface area (Å²) in [6, 6.07) is 15.8. The Morgan fingerprint density at radius 1 is 1.05 bits per heavy atom. The highest BCUT2D eigenvalue weighted by Crippen LogP contribution is 2.38. The molecule has 0 bridgehead atoms. The molecule has 214 valence electrons. The molecule has 0 aliphatic heterocycles. The Kier molecular flexibility index (Phi) is 9.86. The number of hydrogen-bond acceptors (Lipinski definition) is 5. The maximum Gasteiger partial charge on any atom is 0.273 e. The lowest BCUT2D eigenvalue weighted by atomic mass is 9.87. The van der Waals surface area contributed by atoms with Gasteiger partial charge in [-0.3, -0.25) is 9.89 Å². The Bertz CT molecular complexity index is 1520. The van der Waals surface area contributed by atoms with E-state index in [1.54, 1.807) is 68.7 Å². The van der Waals surface area contributed by atoms with Crippen LogP contribution >= 0.6 is 0 Å². The van der Waals surface area contributed by atoms with Gasteiger partial charge in [0.25, 0.3) is 6.43 Å². The number of aromatic nitrogens is 3. The summed E-state index contributed by atoms with van der Waals surface area (Å²) in [5.41, 5.74) is 1.16. The number of nitrogens with one attached hydrogen (secondary N) is 2. The van der Waals surface area contributed by atoms with E-state index in [1.165, 1.54) is 29.3 Å². The molecule has 11 heteroatoms. The third-order valence-corrected chi connectivity index (χ3v) is 6.16. The average Bonchev–Trinajstić information content (AvgIpc) is 3.35. The number of allylic oxidation sites excluding steroid dienone is 1. The van der Waals surface area contributed by atoms with Crippen molar-refractivity contribution in [2.75, 3.05) is 33.8 Å². The summed E-state index contributed by atoms with van der Waals surface area (Å²) in [5, 5.41) is 9.37. The molecule has 0 saturated heterocycles. The van der Waals surface area contributed by atoms with Gasteiger partial charge in [0.05, 0.1) is 10.9 Å². The smallest absolute Gasteiger partial charge is 0.273 e. The number of nitrogens with zero attached hydrogens (tertiary/aromatic N) is 3. The van der Waals surface area contributed by atoms with E-state index in [9.17, 15) is 18.0 Å². The molecule has 1 unspecified atom stereocenters. The fourth-order valence-corrected chi connectivity index (χ4v) is 4.13. The van der Waals surface area contributed by atoms with Crippen molar-refractivity contribution in [3.05, 3.63) is 102 Å². The van der Waals surface area contributed by atoms with Crippen LogP contribution in [0.4, 0.5) is 17.6 Å². The molecule has 2 aromatic carbocycles. The number of H-pyrrole nitrogens is 1. The summed E-state index contributed by atoms with van der Waals surface area (Å²) in [5.74, 6) is -0.529. The van der Waals surface area contributed by atoms with Gasteiger partial charge in [-0.2, -0.15) is 9.49 Å². The van der Waals surface area contributed by atoms with Gasteiger partial charge in [0.2, 0.25) is 17.7 Å². The molecule has 0 saturated carbocycles. The van der Waals surface area contributed by atoms with E-state index in [1.807, 2.05) is 0 Å². The van der Waals surface area contributed by atoms with Crippen LogP contribution in [0.2, 0.25) is 0 Å². The molecule has 2 N–H and O–H groups in total. The van der Waals surface area contributed by atoms with Gasteiger partial charge in [0.1, 0.15) is 6.61 Å². The summed E-state index contributed by atoms with van der Waals surface area (Å²) in [7, 11) is 3.33. The molecule has 2 aromatic heterocycles. The van der Waals surface area contributed by atoms with Gasteiger partial charge in [-0.15, -0.1) is 0 Å². The molecule has 1 atom stereocenters. The number of rotatable bonds is 12. The van der Waals surface area contributed by atoms with Crippen LogP contribution in [-0.4, -0.2) is 72.4 Å². The van der Waals surface area contributed by atoms with E-state index >= 15 is 4.39 Å². The number of amides is 1. The quantitative estimate of drug-likeness (QED) is 0.106. The number of aromatic amines is 1. The van der Waals surface area contributed by atoms with Crippen LogP contribution in [0.15, 0.2) is 79.0 Å². The summed E-state index contributed by atoms with van der Waals surface area (Å²) in [6.07, 6.45) is -1.34. The molecule has 1 amide bonds. The first-order chi connectivity index (χ1) is 19.8. The zero-order valence-electron chi connectivity index (χ0n) is 22.5. The van der Waals surface area contributed by atoms with Crippen LogP contribution < -0.4 is 10.1 Å². The van der Waals surface area contributed by atoms with Crippen molar-refractivity contribution in [1.29, 1.82) is 0 Å². The molecule has 4 rings (SSSR count). The third-order valence-electron chi connectivity index (χ3n) is 6.16. The summed E-state index contributed by atoms with van der Waals surface area (Å²) >= 11 is 0. The number of carbonyl (C=O) groups excluding carboxylic acids is 1. The largest absolute Gasteiger partial charge is 0.476 e. The molecule has 0 aliphatic rings. The molecular formula is C30H29F4N5O2. The van der Waals surface area contributed by atoms with Gasteiger partial charge >= 0.3 is 0 Å². The van der Waals surface area contributed by atoms with Crippen LogP contribution in [0.3, 0.4) is 0 Å². The number of likely N-dealkylation sites (N-methyl/N-ethyl adjacent to an activating group) is 1. The zero-order valence-corrected chi connectivity index (χ0v) is 22.5. The van der Waals surface area contributed by atoms with E-state index in [4.69, 9.17) is 4.74 Å². The number of fused-ring (bicyclic) bond motifs is 1. The van der Waals surface area contributed by atoms with E-state index in [2.05, 4.69) is 20.5 Å². The molecule has 0 aliphatic carbocycles. The highest BCUT2D eigenvalue weighted by Gasteiger charge is 2.29. The Hall–Kier alpha value is -4.51. The fraction of sp³-hybridized carbons (Fsp3) is 0.233. The van der Waals surface area contributed by atoms with Crippen molar-refractivity contribution in [3.8, 4) is 5.88 Å². The second-order valence-electron chi connectivity index (χ2n) is 9.23. The first-order valence-electron chi connectivity index (χ1n) is 12.8. The molecule has 4 aromatic rings. The second kappa shape index (κ2) is 13.7. The minimum absolute atomic E-state index is 0.112. The van der Waals surface area contributed by atoms with Crippen LogP contribution in [0.25, 0.3) is 22.0 Å². The predicted molar refractivity (Wildman–Crippen MR) is 150 cm³/mol. The van der Waals surface area contributed by atoms with Gasteiger partial charge in [0, 0.05) is 56.7 Å². The molecule has 0 fully saturated rings. The number of alkyl halides is 3. The van der Waals surface area contributed by atoms with E-state index in [-0.39, 0.29) is 40.5 Å². The predicted octanol–water partition coefficient (Wildman–Crippen LogP) is 5.27. The summed E-state index contributed by atoms with van der Waals surface area (Å²) < 4.78 is 63.1. The SMILES string of the molecule is CN(C)C(=O)C=CCNCCOc1ccc(/C(=C(/c2ccccc2)C(F)C(F)F)c2ccc3n[nH]c(F)c3c2)cn1. The van der Waals surface area contributed by atoms with Gasteiger partial charge in [-0.1, -0.05) is 42.5 Å². The van der Waals surface area contributed by atoms with Crippen molar-refractivity contribution >= 4 is 28.0 Å². The zero-order chi connectivity index (χ0) is 29.4. The highest BCUT2D eigenvalue weighted by atomic mass is 19.3. The van der Waals surface area contributed by atoms with Gasteiger partial charge in [-0.05, 0) is 34.9 Å². The van der Waals surface area contributed by atoms with E-state index in [0.29, 0.717) is 29.7 Å². The Morgan fingerprint density at radius 3 is 2.49 bits per heavy atom. The molecule has 2 heterocycles. The first-order valence-corrected chi connectivity index (χ1v) is 12.8. The highest BCUT2D eigenvalue weighted by molar-refractivity contribution is 6.01. The van der Waals surface area contributed by atoms with Gasteiger partial charge in [-0.25, -0.2) is 18.2 Å². The number of pyridine rings is 1. The molecular weight excluding hydrogens is 538 g/mol. The maximum absolute atomic E-state index is 15.3. The second-order valence-corrected chi connectivity index (χ2v) is 9.23. The number of ether oxygens (including phenoxy) is 1. The molecule has 0 radical (unpaired) electrons. The average molecular weight is 568 g/mol. The lowest BCUT2D eigenvalue weighted by molar-refractivity contribution is -0.123. The lowest BCUT2D eigenvalue weighted by Crippen LogP contribution is -2.22. The monoisotopic (exact) mass is 567 g/mol. The Labute approximate surface area is 234 Å². The lowest BCUT2D eigenvalue weighted by Gasteiger charge is -2.20. The van der Waals surface area contributed by atoms with Crippen LogP contribution in [0.5, 0.6) is 5.88 Å². The summed E-state index contributed by atoms with van der Waals surface area (Å²) in [6.45, 7) is 1.22. The third kappa shape index (κ3) is 7.37. The molecule has 7 nitrogen and oxygen atoms in total. The van der Waals surface area contributed by atoms with Crippen molar-refractivity contribution in [2.45, 2.75) is 12.6 Å². The van der Waals surface area contributed by atoms with Gasteiger partial charge < -0.3 is 15.0 Å². The van der Waals surface area contributed by atoms with E-state index in [0.717, 1.165) is 0 Å². The van der Waals surface area contributed by atoms with Crippen LogP contribution in [0, 0.1) is 5.95 Å². The van der Waals surface area contributed by atoms with Crippen molar-refractivity contribution < 1.29 is 27.1 Å². The standard InChI is InChI=1S/C30H29F4N5O2/c1-39(2)25(40)9-6-14-35-15-16-41-24-13-11-21(18-36-24)26(20-10-12-23-22(17-20)30(34)38-37-23)27(28(31)29(32)33)19-7-4-3-5-8-19/h3-13,17-18,28-29,35H,14-16H2,1-2H3,(H,37,38)/b9-6?,27-26-. The minimum Gasteiger partial charge on any atom is -0.476 e. The van der Waals surface area contributed by atoms with Crippen molar-refractivity contribution in [2.24, 2.45) is 0 Å². The van der Waals surface area contributed by atoms with Crippen LogP contribution in [-0.2, 0) is 4.79 Å². The Morgan fingerprint density at radius 2 is 1.80 bits per heavy atom. The number of carbonyl (C=O) groups is 1. The molecule has 41 heavy (non-hydrogen) atoms. The van der Waals surface area contributed by atoms with Crippen molar-refractivity contribution in [1.82, 2.24) is 25.4 Å². The minimum atomic E-state index is -3.30. The number of hydrogen-bond donors (Lipinski definition) is 2. The normalized spacial score (nSPS) is 13.0. The van der Waals surface area contributed by atoms with E-state index < -0.39 is 18.5 Å². The maximum atomic E-state index is 15.3. The van der Waals surface area contributed by atoms with Crippen molar-refractivity contribution in [3.63, 3.8) is 0 Å². The topological polar surface area (TPSA) is 83.1 Å². The summed E-state index contributed by atoms with van der Waals surface area (Å²) in [4.78, 5) is 17.3. The Balaban J connectivity index is 1.62. The number of benzene rings is 2. The fourth-order valence-electron chi connectivity index (χ4n) is 4.13.